The van der Waals surface area contributed by atoms with Gasteiger partial charge in [0.1, 0.15) is 0 Å². The van der Waals surface area contributed by atoms with E-state index in [9.17, 15) is 4.79 Å². The van der Waals surface area contributed by atoms with E-state index in [-0.39, 0.29) is 5.91 Å². The lowest BCUT2D eigenvalue weighted by atomic mass is 10.1. The Kier molecular flexibility index (Phi) is 6.37. The van der Waals surface area contributed by atoms with Gasteiger partial charge in [0.25, 0.3) is 5.91 Å². The fourth-order valence-electron chi connectivity index (χ4n) is 2.15. The molecule has 0 saturated carbocycles. The summed E-state index contributed by atoms with van der Waals surface area (Å²) in [4.78, 5) is 12.2. The molecule has 0 spiro atoms. The minimum Gasteiger partial charge on any atom is -0.493 e. The lowest BCUT2D eigenvalue weighted by molar-refractivity contribution is 0.0955. The van der Waals surface area contributed by atoms with Gasteiger partial charge in [-0.2, -0.15) is 5.10 Å². The Balaban J connectivity index is 2.19. The first-order valence-corrected chi connectivity index (χ1v) is 8.23. The number of amides is 1. The molecular formula is C18H19BrN2O3. The van der Waals surface area contributed by atoms with Gasteiger partial charge in [-0.15, -0.1) is 0 Å². The van der Waals surface area contributed by atoms with E-state index in [0.717, 1.165) is 15.7 Å². The SMILES string of the molecule is CC/C(=N/NC(=O)c1ccc(Br)cc1)c1ccc(OC)c(OC)c1. The van der Waals surface area contributed by atoms with Gasteiger partial charge in [-0.1, -0.05) is 22.9 Å². The van der Waals surface area contributed by atoms with Crippen LogP contribution in [-0.2, 0) is 0 Å². The maximum Gasteiger partial charge on any atom is 0.271 e. The highest BCUT2D eigenvalue weighted by molar-refractivity contribution is 9.10. The van der Waals surface area contributed by atoms with Crippen molar-refractivity contribution in [3.63, 3.8) is 0 Å². The van der Waals surface area contributed by atoms with E-state index in [1.54, 1.807) is 26.4 Å². The van der Waals surface area contributed by atoms with Crippen LogP contribution < -0.4 is 14.9 Å². The molecule has 6 heteroatoms. The summed E-state index contributed by atoms with van der Waals surface area (Å²) in [5.74, 6) is 1.01. The number of carbonyl (C=O) groups is 1. The van der Waals surface area contributed by atoms with Gasteiger partial charge in [-0.05, 0) is 48.9 Å². The first-order chi connectivity index (χ1) is 11.6. The monoisotopic (exact) mass is 390 g/mol. The number of benzene rings is 2. The van der Waals surface area contributed by atoms with E-state index in [2.05, 4.69) is 26.5 Å². The third kappa shape index (κ3) is 4.35. The van der Waals surface area contributed by atoms with Crippen molar-refractivity contribution in [3.05, 3.63) is 58.1 Å². The van der Waals surface area contributed by atoms with Crippen molar-refractivity contribution in [1.82, 2.24) is 5.43 Å². The average molecular weight is 391 g/mol. The molecule has 24 heavy (non-hydrogen) atoms. The maximum absolute atomic E-state index is 12.2. The standard InChI is InChI=1S/C18H19BrN2O3/c1-4-15(13-7-10-16(23-2)17(11-13)24-3)20-21-18(22)12-5-8-14(19)9-6-12/h5-11H,4H2,1-3H3,(H,21,22)/b20-15-. The molecular weight excluding hydrogens is 372 g/mol. The highest BCUT2D eigenvalue weighted by atomic mass is 79.9. The van der Waals surface area contributed by atoms with Crippen LogP contribution in [0.2, 0.25) is 0 Å². The molecule has 0 saturated heterocycles. The van der Waals surface area contributed by atoms with E-state index in [0.29, 0.717) is 23.5 Å². The predicted molar refractivity (Wildman–Crippen MR) is 98.0 cm³/mol. The Morgan fingerprint density at radius 2 is 1.67 bits per heavy atom. The number of hydrogen-bond acceptors (Lipinski definition) is 4. The van der Waals surface area contributed by atoms with E-state index in [4.69, 9.17) is 9.47 Å². The lowest BCUT2D eigenvalue weighted by Gasteiger charge is -2.10. The molecule has 0 radical (unpaired) electrons. The molecule has 0 unspecified atom stereocenters. The van der Waals surface area contributed by atoms with Crippen molar-refractivity contribution in [2.75, 3.05) is 14.2 Å². The second-order valence-electron chi connectivity index (χ2n) is 4.93. The Labute approximate surface area is 149 Å². The summed E-state index contributed by atoms with van der Waals surface area (Å²) in [7, 11) is 3.17. The van der Waals surface area contributed by atoms with Gasteiger partial charge < -0.3 is 9.47 Å². The summed E-state index contributed by atoms with van der Waals surface area (Å²) < 4.78 is 11.5. The topological polar surface area (TPSA) is 59.9 Å². The van der Waals surface area contributed by atoms with Gasteiger partial charge in [-0.25, -0.2) is 5.43 Å². The number of nitrogens with zero attached hydrogens (tertiary/aromatic N) is 1. The molecule has 0 aliphatic carbocycles. The zero-order chi connectivity index (χ0) is 17.5. The molecule has 1 amide bonds. The van der Waals surface area contributed by atoms with E-state index < -0.39 is 0 Å². The second-order valence-corrected chi connectivity index (χ2v) is 5.85. The minimum absolute atomic E-state index is 0.256. The summed E-state index contributed by atoms with van der Waals surface area (Å²) >= 11 is 3.34. The van der Waals surface area contributed by atoms with Gasteiger partial charge in [0.05, 0.1) is 19.9 Å². The summed E-state index contributed by atoms with van der Waals surface area (Å²) in [6, 6.07) is 12.6. The number of carbonyl (C=O) groups excluding carboxylic acids is 1. The van der Waals surface area contributed by atoms with Crippen molar-refractivity contribution >= 4 is 27.5 Å². The van der Waals surface area contributed by atoms with Crippen molar-refractivity contribution < 1.29 is 14.3 Å². The van der Waals surface area contributed by atoms with Gasteiger partial charge in [0.15, 0.2) is 11.5 Å². The lowest BCUT2D eigenvalue weighted by Crippen LogP contribution is -2.20. The predicted octanol–water partition coefficient (Wildman–Crippen LogP) is 4.01. The molecule has 0 fully saturated rings. The smallest absolute Gasteiger partial charge is 0.271 e. The largest absolute Gasteiger partial charge is 0.493 e. The Bertz CT molecular complexity index is 742. The van der Waals surface area contributed by atoms with Crippen LogP contribution in [0.25, 0.3) is 0 Å². The first-order valence-electron chi connectivity index (χ1n) is 7.44. The normalized spacial score (nSPS) is 11.1. The second kappa shape index (κ2) is 8.49. The fourth-order valence-corrected chi connectivity index (χ4v) is 2.41. The number of hydrogen-bond donors (Lipinski definition) is 1. The number of ether oxygens (including phenoxy) is 2. The maximum atomic E-state index is 12.2. The molecule has 5 nitrogen and oxygen atoms in total. The fraction of sp³-hybridized carbons (Fsp3) is 0.222. The van der Waals surface area contributed by atoms with Gasteiger partial charge in [0, 0.05) is 15.6 Å². The Hall–Kier alpha value is -2.34. The molecule has 1 N–H and O–H groups in total. The molecule has 126 valence electrons. The first kappa shape index (κ1) is 18.0. The van der Waals surface area contributed by atoms with Crippen LogP contribution >= 0.6 is 15.9 Å². The van der Waals surface area contributed by atoms with Crippen molar-refractivity contribution in [2.24, 2.45) is 5.10 Å². The quantitative estimate of drug-likeness (QED) is 0.598. The zero-order valence-corrected chi connectivity index (χ0v) is 15.4. The molecule has 0 bridgehead atoms. The van der Waals surface area contributed by atoms with Crippen LogP contribution in [0.15, 0.2) is 52.0 Å². The number of nitrogens with one attached hydrogen (secondary N) is 1. The molecule has 0 atom stereocenters. The molecule has 0 aliphatic heterocycles. The average Bonchev–Trinajstić information content (AvgIpc) is 2.62. The molecule has 0 aromatic heterocycles. The third-order valence-electron chi connectivity index (χ3n) is 3.45. The van der Waals surface area contributed by atoms with Gasteiger partial charge >= 0.3 is 0 Å². The summed E-state index contributed by atoms with van der Waals surface area (Å²) in [6.45, 7) is 1.97. The van der Waals surface area contributed by atoms with Crippen LogP contribution in [0, 0.1) is 0 Å². The third-order valence-corrected chi connectivity index (χ3v) is 3.98. The van der Waals surface area contributed by atoms with Crippen LogP contribution in [0.4, 0.5) is 0 Å². The van der Waals surface area contributed by atoms with E-state index in [1.165, 1.54) is 0 Å². The van der Waals surface area contributed by atoms with Crippen molar-refractivity contribution in [3.8, 4) is 11.5 Å². The molecule has 2 aromatic rings. The van der Waals surface area contributed by atoms with Gasteiger partial charge in [0.2, 0.25) is 0 Å². The number of methoxy groups -OCH3 is 2. The molecule has 2 aromatic carbocycles. The molecule has 2 rings (SSSR count). The number of rotatable bonds is 6. The van der Waals surface area contributed by atoms with Crippen LogP contribution in [0.3, 0.4) is 0 Å². The van der Waals surface area contributed by atoms with Crippen LogP contribution in [0.1, 0.15) is 29.3 Å². The van der Waals surface area contributed by atoms with Crippen LogP contribution in [0.5, 0.6) is 11.5 Å². The summed E-state index contributed by atoms with van der Waals surface area (Å²) in [5.41, 5.74) is 4.76. The van der Waals surface area contributed by atoms with Gasteiger partial charge in [-0.3, -0.25) is 4.79 Å². The Morgan fingerprint density at radius 3 is 2.25 bits per heavy atom. The van der Waals surface area contributed by atoms with Crippen molar-refractivity contribution in [1.29, 1.82) is 0 Å². The van der Waals surface area contributed by atoms with E-state index >= 15 is 0 Å². The highest BCUT2D eigenvalue weighted by Crippen LogP contribution is 2.28. The van der Waals surface area contributed by atoms with E-state index in [1.807, 2.05) is 37.3 Å². The number of hydrazone groups is 1. The van der Waals surface area contributed by atoms with Crippen molar-refractivity contribution in [2.45, 2.75) is 13.3 Å². The Morgan fingerprint density at radius 1 is 1.04 bits per heavy atom. The minimum atomic E-state index is -0.256. The summed E-state index contributed by atoms with van der Waals surface area (Å²) in [5, 5.41) is 4.25. The summed E-state index contributed by atoms with van der Waals surface area (Å²) in [6.07, 6.45) is 0.663. The highest BCUT2D eigenvalue weighted by Gasteiger charge is 2.10. The molecule has 0 aliphatic rings. The number of halogens is 1. The zero-order valence-electron chi connectivity index (χ0n) is 13.8. The molecule has 0 heterocycles. The van der Waals surface area contributed by atoms with Crippen LogP contribution in [-0.4, -0.2) is 25.8 Å².